The molecule has 128 valence electrons. The van der Waals surface area contributed by atoms with Crippen molar-refractivity contribution in [1.29, 1.82) is 0 Å². The zero-order valence-corrected chi connectivity index (χ0v) is 14.4. The van der Waals surface area contributed by atoms with Crippen LogP contribution in [-0.2, 0) is 0 Å². The molecule has 1 amide bonds. The van der Waals surface area contributed by atoms with Gasteiger partial charge in [0.15, 0.2) is 11.5 Å². The van der Waals surface area contributed by atoms with Crippen molar-refractivity contribution in [2.24, 2.45) is 0 Å². The highest BCUT2D eigenvalue weighted by molar-refractivity contribution is 6.06. The number of rotatable bonds is 3. The summed E-state index contributed by atoms with van der Waals surface area (Å²) in [6.07, 6.45) is 5.67. The third-order valence-corrected chi connectivity index (χ3v) is 4.53. The molecule has 0 radical (unpaired) electrons. The second-order valence-electron chi connectivity index (χ2n) is 6.34. The Balaban J connectivity index is 1.66. The summed E-state index contributed by atoms with van der Waals surface area (Å²) in [5.41, 5.74) is 3.61. The molecule has 25 heavy (non-hydrogen) atoms. The Bertz CT molecular complexity index is 942. The molecule has 4 heterocycles. The summed E-state index contributed by atoms with van der Waals surface area (Å²) >= 11 is 0. The van der Waals surface area contributed by atoms with Gasteiger partial charge in [0.1, 0.15) is 0 Å². The molecule has 1 saturated heterocycles. The van der Waals surface area contributed by atoms with Crippen LogP contribution < -0.4 is 10.2 Å². The summed E-state index contributed by atoms with van der Waals surface area (Å²) in [6, 6.07) is 5.61. The second-order valence-corrected chi connectivity index (χ2v) is 6.34. The van der Waals surface area contributed by atoms with Crippen LogP contribution in [0, 0.1) is 13.8 Å². The molecule has 7 heteroatoms. The molecular formula is C18H20N6O. The van der Waals surface area contributed by atoms with Crippen molar-refractivity contribution in [3.05, 3.63) is 47.5 Å². The number of amides is 1. The van der Waals surface area contributed by atoms with Crippen molar-refractivity contribution < 1.29 is 4.79 Å². The third kappa shape index (κ3) is 2.82. The predicted octanol–water partition coefficient (Wildman–Crippen LogP) is 2.59. The van der Waals surface area contributed by atoms with Crippen LogP contribution in [0.25, 0.3) is 5.65 Å². The fourth-order valence-electron chi connectivity index (χ4n) is 3.25. The molecule has 1 fully saturated rings. The van der Waals surface area contributed by atoms with Gasteiger partial charge < -0.3 is 10.2 Å². The molecule has 4 rings (SSSR count). The van der Waals surface area contributed by atoms with E-state index >= 15 is 0 Å². The minimum Gasteiger partial charge on any atom is -0.355 e. The standard InChI is InChI=1S/C18H20N6O/c1-12-10-16-20-11-14(13(2)24(16)22-12)18(25)21-15-6-5-7-19-17(15)23-8-3-4-9-23/h5-7,10-11H,3-4,8-9H2,1-2H3,(H,21,25). The van der Waals surface area contributed by atoms with Gasteiger partial charge in [-0.15, -0.1) is 0 Å². The normalized spacial score (nSPS) is 14.2. The molecule has 0 spiro atoms. The summed E-state index contributed by atoms with van der Waals surface area (Å²) in [6.45, 7) is 5.73. The van der Waals surface area contributed by atoms with Crippen molar-refractivity contribution in [1.82, 2.24) is 19.6 Å². The monoisotopic (exact) mass is 336 g/mol. The number of aryl methyl sites for hydroxylation is 2. The van der Waals surface area contributed by atoms with Crippen LogP contribution in [0.15, 0.2) is 30.6 Å². The van der Waals surface area contributed by atoms with Crippen molar-refractivity contribution in [3.8, 4) is 0 Å². The Morgan fingerprint density at radius 2 is 2.00 bits per heavy atom. The van der Waals surface area contributed by atoms with Crippen LogP contribution in [0.2, 0.25) is 0 Å². The van der Waals surface area contributed by atoms with Crippen LogP contribution >= 0.6 is 0 Å². The molecule has 7 nitrogen and oxygen atoms in total. The van der Waals surface area contributed by atoms with Gasteiger partial charge in [-0.25, -0.2) is 14.5 Å². The van der Waals surface area contributed by atoms with Gasteiger partial charge in [0, 0.05) is 31.5 Å². The maximum absolute atomic E-state index is 12.8. The lowest BCUT2D eigenvalue weighted by Crippen LogP contribution is -2.23. The fourth-order valence-corrected chi connectivity index (χ4v) is 3.25. The molecular weight excluding hydrogens is 316 g/mol. The van der Waals surface area contributed by atoms with Gasteiger partial charge in [0.2, 0.25) is 0 Å². The summed E-state index contributed by atoms with van der Waals surface area (Å²) in [7, 11) is 0. The number of anilines is 2. The van der Waals surface area contributed by atoms with Gasteiger partial charge >= 0.3 is 0 Å². The molecule has 1 N–H and O–H groups in total. The summed E-state index contributed by atoms with van der Waals surface area (Å²) in [5, 5.41) is 7.39. The number of aromatic nitrogens is 4. The molecule has 0 unspecified atom stereocenters. The molecule has 3 aromatic heterocycles. The first-order valence-corrected chi connectivity index (χ1v) is 8.47. The minimum absolute atomic E-state index is 0.200. The maximum atomic E-state index is 12.8. The van der Waals surface area contributed by atoms with Gasteiger partial charge in [-0.05, 0) is 38.8 Å². The summed E-state index contributed by atoms with van der Waals surface area (Å²) in [5.74, 6) is 0.628. The Kier molecular flexibility index (Phi) is 3.83. The largest absolute Gasteiger partial charge is 0.355 e. The molecule has 0 aliphatic carbocycles. The zero-order chi connectivity index (χ0) is 17.4. The van der Waals surface area contributed by atoms with E-state index in [9.17, 15) is 4.79 Å². The number of hydrogen-bond acceptors (Lipinski definition) is 5. The van der Waals surface area contributed by atoms with E-state index in [4.69, 9.17) is 0 Å². The smallest absolute Gasteiger partial charge is 0.259 e. The van der Waals surface area contributed by atoms with Crippen molar-refractivity contribution in [2.45, 2.75) is 26.7 Å². The highest BCUT2D eigenvalue weighted by Crippen LogP contribution is 2.26. The number of hydrogen-bond donors (Lipinski definition) is 1. The van der Waals surface area contributed by atoms with Crippen molar-refractivity contribution in [2.75, 3.05) is 23.3 Å². The average molecular weight is 336 g/mol. The number of nitrogens with one attached hydrogen (secondary N) is 1. The maximum Gasteiger partial charge on any atom is 0.259 e. The number of pyridine rings is 1. The number of nitrogens with zero attached hydrogens (tertiary/aromatic N) is 5. The summed E-state index contributed by atoms with van der Waals surface area (Å²) in [4.78, 5) is 23.8. The summed E-state index contributed by atoms with van der Waals surface area (Å²) < 4.78 is 1.70. The Morgan fingerprint density at radius 3 is 2.80 bits per heavy atom. The molecule has 3 aromatic rings. The number of carbonyl (C=O) groups excluding carboxylic acids is 1. The van der Waals surface area contributed by atoms with E-state index < -0.39 is 0 Å². The molecule has 1 aliphatic rings. The van der Waals surface area contributed by atoms with Gasteiger partial charge in [-0.1, -0.05) is 0 Å². The first-order valence-electron chi connectivity index (χ1n) is 8.47. The first kappa shape index (κ1) is 15.6. The van der Waals surface area contributed by atoms with E-state index in [0.717, 1.165) is 54.5 Å². The van der Waals surface area contributed by atoms with Crippen LogP contribution in [-0.4, -0.2) is 38.6 Å². The lowest BCUT2D eigenvalue weighted by molar-refractivity contribution is 0.102. The van der Waals surface area contributed by atoms with Crippen molar-refractivity contribution in [3.63, 3.8) is 0 Å². The quantitative estimate of drug-likeness (QED) is 0.796. The minimum atomic E-state index is -0.200. The molecule has 0 bridgehead atoms. The third-order valence-electron chi connectivity index (χ3n) is 4.53. The van der Waals surface area contributed by atoms with E-state index in [1.165, 1.54) is 0 Å². The van der Waals surface area contributed by atoms with E-state index in [2.05, 4.69) is 25.3 Å². The number of carbonyl (C=O) groups is 1. The highest BCUT2D eigenvalue weighted by atomic mass is 16.1. The Labute approximate surface area is 145 Å². The highest BCUT2D eigenvalue weighted by Gasteiger charge is 2.20. The average Bonchev–Trinajstić information content (AvgIpc) is 3.25. The molecule has 0 aromatic carbocycles. The molecule has 0 atom stereocenters. The number of fused-ring (bicyclic) bond motifs is 1. The van der Waals surface area contributed by atoms with Gasteiger partial charge in [-0.3, -0.25) is 4.79 Å². The van der Waals surface area contributed by atoms with E-state index in [1.54, 1.807) is 16.9 Å². The van der Waals surface area contributed by atoms with E-state index in [0.29, 0.717) is 5.56 Å². The first-order chi connectivity index (χ1) is 12.1. The Hall–Kier alpha value is -2.96. The van der Waals surface area contributed by atoms with E-state index in [1.807, 2.05) is 32.0 Å². The Morgan fingerprint density at radius 1 is 1.20 bits per heavy atom. The van der Waals surface area contributed by atoms with E-state index in [-0.39, 0.29) is 5.91 Å². The second kappa shape index (κ2) is 6.16. The predicted molar refractivity (Wildman–Crippen MR) is 96.1 cm³/mol. The van der Waals surface area contributed by atoms with Gasteiger partial charge in [0.25, 0.3) is 5.91 Å². The lowest BCUT2D eigenvalue weighted by Gasteiger charge is -2.20. The van der Waals surface area contributed by atoms with Gasteiger partial charge in [0.05, 0.1) is 22.6 Å². The lowest BCUT2D eigenvalue weighted by atomic mass is 10.2. The van der Waals surface area contributed by atoms with Crippen LogP contribution in [0.4, 0.5) is 11.5 Å². The topological polar surface area (TPSA) is 75.4 Å². The SMILES string of the molecule is Cc1cc2ncc(C(=O)Nc3cccnc3N3CCCC3)c(C)n2n1. The van der Waals surface area contributed by atoms with Crippen LogP contribution in [0.3, 0.4) is 0 Å². The van der Waals surface area contributed by atoms with Crippen LogP contribution in [0.1, 0.15) is 34.6 Å². The van der Waals surface area contributed by atoms with Crippen molar-refractivity contribution >= 4 is 23.1 Å². The fraction of sp³-hybridized carbons (Fsp3) is 0.333. The van der Waals surface area contributed by atoms with Crippen LogP contribution in [0.5, 0.6) is 0 Å². The zero-order valence-electron chi connectivity index (χ0n) is 14.4. The molecule has 0 saturated carbocycles. The molecule has 1 aliphatic heterocycles. The van der Waals surface area contributed by atoms with Gasteiger partial charge in [-0.2, -0.15) is 5.10 Å².